The predicted molar refractivity (Wildman–Crippen MR) is 59.2 cm³/mol. The second kappa shape index (κ2) is 4.25. The van der Waals surface area contributed by atoms with Crippen LogP contribution in [0.2, 0.25) is 0 Å². The van der Waals surface area contributed by atoms with Crippen LogP contribution in [-0.2, 0) is 0 Å². The molecule has 0 atom stereocenters. The Labute approximate surface area is 94.5 Å². The molecule has 0 radical (unpaired) electrons. The number of rotatable bonds is 1. The molecule has 1 amide bonds. The molecule has 1 fully saturated rings. The van der Waals surface area contributed by atoms with Gasteiger partial charge >= 0.3 is 0 Å². The standard InChI is InChI=1S/C11H17N3O2/c1-7-10(8(2)13-12-7)11(16)14-5-3-9(15)4-6-14/h9,15H,3-6H2,1-2H3,(H,12,13). The smallest absolute Gasteiger partial charge is 0.257 e. The normalized spacial score (nSPS) is 17.8. The highest BCUT2D eigenvalue weighted by Gasteiger charge is 2.25. The number of likely N-dealkylation sites (tertiary alicyclic amines) is 1. The third kappa shape index (κ3) is 1.95. The summed E-state index contributed by atoms with van der Waals surface area (Å²) >= 11 is 0. The summed E-state index contributed by atoms with van der Waals surface area (Å²) in [6.45, 7) is 4.94. The number of amides is 1. The van der Waals surface area contributed by atoms with Crippen LogP contribution in [0.3, 0.4) is 0 Å². The van der Waals surface area contributed by atoms with Crippen molar-refractivity contribution in [2.45, 2.75) is 32.8 Å². The Bertz CT molecular complexity index is 372. The van der Waals surface area contributed by atoms with Crippen LogP contribution in [0.4, 0.5) is 0 Å². The Morgan fingerprint density at radius 2 is 2.06 bits per heavy atom. The van der Waals surface area contributed by atoms with Crippen molar-refractivity contribution >= 4 is 5.91 Å². The molecule has 0 aromatic carbocycles. The third-order valence-corrected chi connectivity index (χ3v) is 3.09. The van der Waals surface area contributed by atoms with Gasteiger partial charge in [0.2, 0.25) is 0 Å². The van der Waals surface area contributed by atoms with Gasteiger partial charge in [0.15, 0.2) is 0 Å². The minimum atomic E-state index is -0.254. The molecule has 16 heavy (non-hydrogen) atoms. The number of hydrogen-bond acceptors (Lipinski definition) is 3. The van der Waals surface area contributed by atoms with E-state index >= 15 is 0 Å². The van der Waals surface area contributed by atoms with Gasteiger partial charge < -0.3 is 10.0 Å². The van der Waals surface area contributed by atoms with E-state index in [2.05, 4.69) is 10.2 Å². The van der Waals surface area contributed by atoms with Crippen LogP contribution in [-0.4, -0.2) is 45.3 Å². The number of nitrogens with one attached hydrogen (secondary N) is 1. The van der Waals surface area contributed by atoms with Gasteiger partial charge in [0.1, 0.15) is 0 Å². The van der Waals surface area contributed by atoms with Crippen molar-refractivity contribution in [3.8, 4) is 0 Å². The van der Waals surface area contributed by atoms with E-state index in [9.17, 15) is 9.90 Å². The number of hydrogen-bond donors (Lipinski definition) is 2. The zero-order chi connectivity index (χ0) is 11.7. The Morgan fingerprint density at radius 1 is 1.44 bits per heavy atom. The number of H-pyrrole nitrogens is 1. The van der Waals surface area contributed by atoms with E-state index in [0.717, 1.165) is 11.4 Å². The number of aryl methyl sites for hydroxylation is 2. The second-order valence-corrected chi connectivity index (χ2v) is 4.33. The fourth-order valence-electron chi connectivity index (χ4n) is 2.09. The van der Waals surface area contributed by atoms with Gasteiger partial charge in [-0.3, -0.25) is 9.89 Å². The van der Waals surface area contributed by atoms with Crippen LogP contribution < -0.4 is 0 Å². The predicted octanol–water partition coefficient (Wildman–Crippen LogP) is 0.623. The molecule has 1 aromatic heterocycles. The summed E-state index contributed by atoms with van der Waals surface area (Å²) in [6, 6.07) is 0. The molecule has 0 bridgehead atoms. The van der Waals surface area contributed by atoms with Crippen molar-refractivity contribution in [3.63, 3.8) is 0 Å². The van der Waals surface area contributed by atoms with Crippen molar-refractivity contribution in [1.29, 1.82) is 0 Å². The first kappa shape index (κ1) is 11.1. The fraction of sp³-hybridized carbons (Fsp3) is 0.636. The lowest BCUT2D eigenvalue weighted by atomic mass is 10.1. The molecule has 2 rings (SSSR count). The highest BCUT2D eigenvalue weighted by molar-refractivity contribution is 5.96. The second-order valence-electron chi connectivity index (χ2n) is 4.33. The monoisotopic (exact) mass is 223 g/mol. The number of aliphatic hydroxyl groups excluding tert-OH is 1. The van der Waals surface area contributed by atoms with Crippen LogP contribution >= 0.6 is 0 Å². The number of carbonyl (C=O) groups excluding carboxylic acids is 1. The molecule has 1 aliphatic rings. The Kier molecular flexibility index (Phi) is 2.96. The molecule has 0 saturated carbocycles. The van der Waals surface area contributed by atoms with Gasteiger partial charge in [-0.1, -0.05) is 0 Å². The summed E-state index contributed by atoms with van der Waals surface area (Å²) in [7, 11) is 0. The van der Waals surface area contributed by atoms with Crippen LogP contribution in [0.1, 0.15) is 34.6 Å². The van der Waals surface area contributed by atoms with E-state index in [1.807, 2.05) is 13.8 Å². The van der Waals surface area contributed by atoms with E-state index in [1.54, 1.807) is 4.90 Å². The number of nitrogens with zero attached hydrogens (tertiary/aromatic N) is 2. The third-order valence-electron chi connectivity index (χ3n) is 3.09. The average Bonchev–Trinajstić information content (AvgIpc) is 2.59. The van der Waals surface area contributed by atoms with Crippen molar-refractivity contribution in [2.24, 2.45) is 0 Å². The SMILES string of the molecule is Cc1n[nH]c(C)c1C(=O)N1CCC(O)CC1. The number of aromatic amines is 1. The Balaban J connectivity index is 2.14. The first-order valence-electron chi connectivity index (χ1n) is 5.58. The van der Waals surface area contributed by atoms with Crippen molar-refractivity contribution in [1.82, 2.24) is 15.1 Å². The lowest BCUT2D eigenvalue weighted by Crippen LogP contribution is -2.40. The average molecular weight is 223 g/mol. The van der Waals surface area contributed by atoms with E-state index in [4.69, 9.17) is 0 Å². The molecular formula is C11H17N3O2. The zero-order valence-corrected chi connectivity index (χ0v) is 9.66. The molecule has 1 aliphatic heterocycles. The van der Waals surface area contributed by atoms with E-state index in [1.165, 1.54) is 0 Å². The van der Waals surface area contributed by atoms with Crippen LogP contribution in [0.25, 0.3) is 0 Å². The van der Waals surface area contributed by atoms with Crippen molar-refractivity contribution < 1.29 is 9.90 Å². The lowest BCUT2D eigenvalue weighted by molar-refractivity contribution is 0.0545. The summed E-state index contributed by atoms with van der Waals surface area (Å²) in [5.74, 6) is 0.0238. The molecule has 2 N–H and O–H groups in total. The van der Waals surface area contributed by atoms with E-state index in [-0.39, 0.29) is 12.0 Å². The van der Waals surface area contributed by atoms with Crippen LogP contribution in [0.15, 0.2) is 0 Å². The summed E-state index contributed by atoms with van der Waals surface area (Å²) < 4.78 is 0. The number of aromatic nitrogens is 2. The molecule has 0 aliphatic carbocycles. The molecule has 1 saturated heterocycles. The number of piperidine rings is 1. The maximum absolute atomic E-state index is 12.2. The maximum Gasteiger partial charge on any atom is 0.257 e. The summed E-state index contributed by atoms with van der Waals surface area (Å²) in [6.07, 6.45) is 1.08. The van der Waals surface area contributed by atoms with Gasteiger partial charge in [-0.15, -0.1) is 0 Å². The van der Waals surface area contributed by atoms with Gasteiger partial charge in [-0.25, -0.2) is 0 Å². The topological polar surface area (TPSA) is 69.2 Å². The van der Waals surface area contributed by atoms with Crippen LogP contribution in [0, 0.1) is 13.8 Å². The molecule has 5 nitrogen and oxygen atoms in total. The minimum Gasteiger partial charge on any atom is -0.393 e. The molecule has 2 heterocycles. The summed E-state index contributed by atoms with van der Waals surface area (Å²) in [4.78, 5) is 14.0. The molecule has 1 aromatic rings. The van der Waals surface area contributed by atoms with Crippen LogP contribution in [0.5, 0.6) is 0 Å². The van der Waals surface area contributed by atoms with Gasteiger partial charge in [-0.05, 0) is 26.7 Å². The first-order valence-corrected chi connectivity index (χ1v) is 5.58. The zero-order valence-electron chi connectivity index (χ0n) is 9.66. The van der Waals surface area contributed by atoms with E-state index in [0.29, 0.717) is 31.5 Å². The van der Waals surface area contributed by atoms with Crippen molar-refractivity contribution in [2.75, 3.05) is 13.1 Å². The molecular weight excluding hydrogens is 206 g/mol. The number of aliphatic hydroxyl groups is 1. The van der Waals surface area contributed by atoms with Gasteiger partial charge in [0.25, 0.3) is 5.91 Å². The lowest BCUT2D eigenvalue weighted by Gasteiger charge is -2.29. The Morgan fingerprint density at radius 3 is 2.56 bits per heavy atom. The molecule has 0 spiro atoms. The number of carbonyl (C=O) groups is 1. The van der Waals surface area contributed by atoms with E-state index < -0.39 is 0 Å². The largest absolute Gasteiger partial charge is 0.393 e. The minimum absolute atomic E-state index is 0.0238. The quantitative estimate of drug-likeness (QED) is 0.733. The fourth-order valence-corrected chi connectivity index (χ4v) is 2.09. The molecule has 5 heteroatoms. The van der Waals surface area contributed by atoms with Gasteiger partial charge in [0, 0.05) is 18.8 Å². The van der Waals surface area contributed by atoms with Crippen molar-refractivity contribution in [3.05, 3.63) is 17.0 Å². The molecule has 88 valence electrons. The Hall–Kier alpha value is -1.36. The summed E-state index contributed by atoms with van der Waals surface area (Å²) in [5, 5.41) is 16.2. The van der Waals surface area contributed by atoms with Gasteiger partial charge in [-0.2, -0.15) is 5.10 Å². The highest BCUT2D eigenvalue weighted by atomic mass is 16.3. The summed E-state index contributed by atoms with van der Waals surface area (Å²) in [5.41, 5.74) is 2.23. The maximum atomic E-state index is 12.2. The van der Waals surface area contributed by atoms with Gasteiger partial charge in [0.05, 0.1) is 17.4 Å². The highest BCUT2D eigenvalue weighted by Crippen LogP contribution is 2.17. The first-order chi connectivity index (χ1) is 7.59. The molecule has 0 unspecified atom stereocenters.